The molecule has 0 spiro atoms. The maximum absolute atomic E-state index is 6.09. The standard InChI is InChI=1S/C11H9BrClNOS/c12-6-8-2-1-3-9(13)11(8)15-7-10-14-4-5-16-10/h1-5H,6-7H2. The fraction of sp³-hybridized carbons (Fsp3) is 0.182. The normalized spacial score (nSPS) is 10.4. The van der Waals surface area contributed by atoms with E-state index < -0.39 is 0 Å². The van der Waals surface area contributed by atoms with Crippen molar-refractivity contribution >= 4 is 38.9 Å². The van der Waals surface area contributed by atoms with Crippen molar-refractivity contribution in [3.8, 4) is 5.75 Å². The van der Waals surface area contributed by atoms with Gasteiger partial charge in [0.1, 0.15) is 17.4 Å². The van der Waals surface area contributed by atoms with E-state index in [1.54, 1.807) is 17.5 Å². The van der Waals surface area contributed by atoms with Crippen molar-refractivity contribution in [2.45, 2.75) is 11.9 Å². The van der Waals surface area contributed by atoms with Crippen LogP contribution in [-0.2, 0) is 11.9 Å². The highest BCUT2D eigenvalue weighted by atomic mass is 79.9. The molecule has 84 valence electrons. The van der Waals surface area contributed by atoms with Gasteiger partial charge in [-0.25, -0.2) is 4.98 Å². The molecule has 2 aromatic rings. The second-order valence-corrected chi connectivity index (χ2v) is 5.02. The average Bonchev–Trinajstić information content (AvgIpc) is 2.80. The first-order valence-corrected chi connectivity index (χ1v) is 7.03. The lowest BCUT2D eigenvalue weighted by atomic mass is 10.2. The minimum atomic E-state index is 0.460. The van der Waals surface area contributed by atoms with Gasteiger partial charge in [-0.05, 0) is 6.07 Å². The monoisotopic (exact) mass is 317 g/mol. The van der Waals surface area contributed by atoms with Gasteiger partial charge in [0, 0.05) is 22.5 Å². The molecule has 0 unspecified atom stereocenters. The lowest BCUT2D eigenvalue weighted by molar-refractivity contribution is 0.303. The van der Waals surface area contributed by atoms with E-state index in [1.807, 2.05) is 23.6 Å². The van der Waals surface area contributed by atoms with Gasteiger partial charge in [-0.1, -0.05) is 39.7 Å². The van der Waals surface area contributed by atoms with Crippen LogP contribution in [0.2, 0.25) is 5.02 Å². The van der Waals surface area contributed by atoms with Gasteiger partial charge in [0.25, 0.3) is 0 Å². The number of thiazole rings is 1. The van der Waals surface area contributed by atoms with Gasteiger partial charge in [-0.3, -0.25) is 0 Å². The second kappa shape index (κ2) is 5.66. The van der Waals surface area contributed by atoms with E-state index in [0.717, 1.165) is 21.7 Å². The third-order valence-electron chi connectivity index (χ3n) is 2.02. The van der Waals surface area contributed by atoms with Crippen molar-refractivity contribution in [1.82, 2.24) is 4.98 Å². The minimum Gasteiger partial charge on any atom is -0.485 e. The fourth-order valence-electron chi connectivity index (χ4n) is 1.28. The van der Waals surface area contributed by atoms with Crippen molar-refractivity contribution in [2.75, 3.05) is 0 Å². The topological polar surface area (TPSA) is 22.1 Å². The Morgan fingerprint density at radius 2 is 2.31 bits per heavy atom. The van der Waals surface area contributed by atoms with E-state index in [9.17, 15) is 0 Å². The molecule has 1 heterocycles. The summed E-state index contributed by atoms with van der Waals surface area (Å²) in [5.74, 6) is 0.733. The number of rotatable bonds is 4. The maximum atomic E-state index is 6.09. The Labute approximate surface area is 111 Å². The molecule has 0 aliphatic carbocycles. The summed E-state index contributed by atoms with van der Waals surface area (Å²) in [6.07, 6.45) is 1.77. The average molecular weight is 319 g/mol. The lowest BCUT2D eigenvalue weighted by Gasteiger charge is -2.10. The van der Waals surface area contributed by atoms with Crippen LogP contribution < -0.4 is 4.74 Å². The van der Waals surface area contributed by atoms with E-state index in [0.29, 0.717) is 11.6 Å². The van der Waals surface area contributed by atoms with Crippen molar-refractivity contribution in [2.24, 2.45) is 0 Å². The molecule has 0 N–H and O–H groups in total. The number of alkyl halides is 1. The molecule has 0 atom stereocenters. The Hall–Kier alpha value is -0.580. The molecule has 0 saturated heterocycles. The van der Waals surface area contributed by atoms with Gasteiger partial charge in [0.15, 0.2) is 0 Å². The fourth-order valence-corrected chi connectivity index (χ4v) is 2.50. The minimum absolute atomic E-state index is 0.460. The van der Waals surface area contributed by atoms with Crippen LogP contribution in [0.4, 0.5) is 0 Å². The molecule has 0 fully saturated rings. The van der Waals surface area contributed by atoms with Crippen LogP contribution in [0.15, 0.2) is 29.8 Å². The Morgan fingerprint density at radius 1 is 1.44 bits per heavy atom. The van der Waals surface area contributed by atoms with Crippen molar-refractivity contribution < 1.29 is 4.74 Å². The molecule has 0 bridgehead atoms. The van der Waals surface area contributed by atoms with E-state index in [2.05, 4.69) is 20.9 Å². The highest BCUT2D eigenvalue weighted by molar-refractivity contribution is 9.08. The summed E-state index contributed by atoms with van der Waals surface area (Å²) < 4.78 is 5.69. The van der Waals surface area contributed by atoms with Crippen LogP contribution >= 0.6 is 38.9 Å². The summed E-state index contributed by atoms with van der Waals surface area (Å²) in [5.41, 5.74) is 1.05. The number of hydrogen-bond donors (Lipinski definition) is 0. The zero-order valence-electron chi connectivity index (χ0n) is 8.32. The molecule has 0 radical (unpaired) electrons. The van der Waals surface area contributed by atoms with E-state index in [4.69, 9.17) is 16.3 Å². The SMILES string of the molecule is Clc1cccc(CBr)c1OCc1nccs1. The molecule has 0 saturated carbocycles. The van der Waals surface area contributed by atoms with Gasteiger partial charge in [-0.2, -0.15) is 0 Å². The highest BCUT2D eigenvalue weighted by Gasteiger charge is 2.08. The molecule has 16 heavy (non-hydrogen) atoms. The summed E-state index contributed by atoms with van der Waals surface area (Å²) in [5, 5.41) is 4.23. The molecule has 2 nitrogen and oxygen atoms in total. The summed E-state index contributed by atoms with van der Waals surface area (Å²) in [6.45, 7) is 0.460. The van der Waals surface area contributed by atoms with Crippen molar-refractivity contribution in [3.05, 3.63) is 45.4 Å². The molecule has 1 aromatic heterocycles. The van der Waals surface area contributed by atoms with E-state index in [-0.39, 0.29) is 0 Å². The molecule has 1 aromatic carbocycles. The van der Waals surface area contributed by atoms with Gasteiger partial charge >= 0.3 is 0 Å². The van der Waals surface area contributed by atoms with Crippen LogP contribution in [0.25, 0.3) is 0 Å². The number of para-hydroxylation sites is 1. The van der Waals surface area contributed by atoms with Crippen molar-refractivity contribution in [1.29, 1.82) is 0 Å². The van der Waals surface area contributed by atoms with Crippen LogP contribution in [-0.4, -0.2) is 4.98 Å². The molecule has 2 rings (SSSR count). The summed E-state index contributed by atoms with van der Waals surface area (Å²) in [7, 11) is 0. The van der Waals surface area contributed by atoms with Crippen LogP contribution in [0.5, 0.6) is 5.75 Å². The predicted molar refractivity (Wildman–Crippen MR) is 70.5 cm³/mol. The molecule has 0 aliphatic heterocycles. The molecular formula is C11H9BrClNOS. The van der Waals surface area contributed by atoms with Gasteiger partial charge < -0.3 is 4.74 Å². The Bertz CT molecular complexity index is 461. The first kappa shape index (κ1) is 11.9. The molecule has 0 amide bonds. The van der Waals surface area contributed by atoms with Crippen LogP contribution in [0, 0.1) is 0 Å². The lowest BCUT2D eigenvalue weighted by Crippen LogP contribution is -1.97. The van der Waals surface area contributed by atoms with Gasteiger partial charge in [0.05, 0.1) is 5.02 Å². The Morgan fingerprint density at radius 3 is 3.00 bits per heavy atom. The summed E-state index contributed by atoms with van der Waals surface area (Å²) in [4.78, 5) is 4.16. The number of hydrogen-bond acceptors (Lipinski definition) is 3. The summed E-state index contributed by atoms with van der Waals surface area (Å²) >= 11 is 11.1. The zero-order chi connectivity index (χ0) is 11.4. The summed E-state index contributed by atoms with van der Waals surface area (Å²) in [6, 6.07) is 5.72. The molecule has 0 aliphatic rings. The smallest absolute Gasteiger partial charge is 0.142 e. The largest absolute Gasteiger partial charge is 0.485 e. The molecular weight excluding hydrogens is 310 g/mol. The maximum Gasteiger partial charge on any atom is 0.142 e. The van der Waals surface area contributed by atoms with Crippen LogP contribution in [0.1, 0.15) is 10.6 Å². The quantitative estimate of drug-likeness (QED) is 0.785. The zero-order valence-corrected chi connectivity index (χ0v) is 11.5. The highest BCUT2D eigenvalue weighted by Crippen LogP contribution is 2.30. The number of aromatic nitrogens is 1. The number of benzene rings is 1. The van der Waals surface area contributed by atoms with E-state index in [1.165, 1.54) is 0 Å². The first-order chi connectivity index (χ1) is 7.81. The number of ether oxygens (including phenoxy) is 1. The third-order valence-corrected chi connectivity index (χ3v) is 3.67. The van der Waals surface area contributed by atoms with E-state index >= 15 is 0 Å². The first-order valence-electron chi connectivity index (χ1n) is 4.66. The Kier molecular flexibility index (Phi) is 4.21. The van der Waals surface area contributed by atoms with Crippen LogP contribution in [0.3, 0.4) is 0 Å². The van der Waals surface area contributed by atoms with Gasteiger partial charge in [0.2, 0.25) is 0 Å². The predicted octanol–water partition coefficient (Wildman–Crippen LogP) is 4.27. The number of nitrogens with zero attached hydrogens (tertiary/aromatic N) is 1. The van der Waals surface area contributed by atoms with Crippen molar-refractivity contribution in [3.63, 3.8) is 0 Å². The molecule has 5 heteroatoms. The van der Waals surface area contributed by atoms with Gasteiger partial charge in [-0.15, -0.1) is 11.3 Å². The second-order valence-electron chi connectivity index (χ2n) is 3.08. The number of halogens is 2. The Balaban J connectivity index is 2.14. The third kappa shape index (κ3) is 2.75.